The van der Waals surface area contributed by atoms with Crippen LogP contribution in [0.2, 0.25) is 0 Å². The molecular formula is C6H13NO2. The van der Waals surface area contributed by atoms with Gasteiger partial charge in [0.15, 0.2) is 0 Å². The van der Waals surface area contributed by atoms with Gasteiger partial charge < -0.3 is 10.1 Å². The topological polar surface area (TPSA) is 38.3 Å². The summed E-state index contributed by atoms with van der Waals surface area (Å²) in [6.07, 6.45) is 0. The lowest BCUT2D eigenvalue weighted by Crippen LogP contribution is -2.26. The Morgan fingerprint density at radius 1 is 1.67 bits per heavy atom. The maximum Gasteiger partial charge on any atom is 0.293 e. The van der Waals surface area contributed by atoms with Crippen molar-refractivity contribution in [2.24, 2.45) is 0 Å². The van der Waals surface area contributed by atoms with Gasteiger partial charge in [-0.3, -0.25) is 4.79 Å². The molecule has 0 heterocycles. The molecule has 1 N–H and O–H groups in total. The van der Waals surface area contributed by atoms with E-state index in [4.69, 9.17) is 0 Å². The van der Waals surface area contributed by atoms with Crippen molar-refractivity contribution < 1.29 is 9.53 Å². The van der Waals surface area contributed by atoms with Crippen LogP contribution in [0, 0.1) is 0 Å². The van der Waals surface area contributed by atoms with Gasteiger partial charge in [-0.25, -0.2) is 0 Å². The molecule has 0 radical (unpaired) electrons. The predicted molar refractivity (Wildman–Crippen MR) is 35.2 cm³/mol. The molecule has 0 rings (SSSR count). The minimum absolute atomic E-state index is 0.459. The Morgan fingerprint density at radius 3 is 2.78 bits per heavy atom. The second kappa shape index (κ2) is 5.56. The quantitative estimate of drug-likeness (QED) is 0.426. The lowest BCUT2D eigenvalue weighted by atomic mass is 10.4. The van der Waals surface area contributed by atoms with E-state index in [1.54, 1.807) is 0 Å². The number of carbonyl (C=O) groups excluding carboxylic acids is 1. The zero-order valence-corrected chi connectivity index (χ0v) is 5.89. The van der Waals surface area contributed by atoms with Crippen LogP contribution in [0.15, 0.2) is 0 Å². The molecule has 54 valence electrons. The standard InChI is InChI=1S/C6H13NO2/c1-6(2)7-3-4-9-5-8/h5-7H,3-4H2,1-2H3. The summed E-state index contributed by atoms with van der Waals surface area (Å²) in [5.41, 5.74) is 0. The highest BCUT2D eigenvalue weighted by molar-refractivity contribution is 5.36. The third-order valence-electron chi connectivity index (χ3n) is 0.841. The van der Waals surface area contributed by atoms with Crippen LogP contribution in [0.5, 0.6) is 0 Å². The fourth-order valence-corrected chi connectivity index (χ4v) is 0.455. The molecule has 3 heteroatoms. The maximum atomic E-state index is 9.60. The van der Waals surface area contributed by atoms with Crippen molar-refractivity contribution in [1.82, 2.24) is 5.32 Å². The van der Waals surface area contributed by atoms with E-state index in [1.807, 2.05) is 13.8 Å². The minimum atomic E-state index is 0.459. The van der Waals surface area contributed by atoms with Gasteiger partial charge in [0.25, 0.3) is 6.47 Å². The predicted octanol–water partition coefficient (Wildman–Crippen LogP) is 0.157. The molecular weight excluding hydrogens is 118 g/mol. The molecule has 0 amide bonds. The van der Waals surface area contributed by atoms with Crippen LogP contribution in [-0.2, 0) is 9.53 Å². The largest absolute Gasteiger partial charge is 0.467 e. The first-order valence-corrected chi connectivity index (χ1v) is 3.06. The van der Waals surface area contributed by atoms with Crippen LogP contribution in [0.1, 0.15) is 13.8 Å². The number of hydrogen-bond donors (Lipinski definition) is 1. The Hall–Kier alpha value is -0.570. The molecule has 0 aromatic carbocycles. The molecule has 0 saturated heterocycles. The summed E-state index contributed by atoms with van der Waals surface area (Å²) >= 11 is 0. The van der Waals surface area contributed by atoms with E-state index in [0.29, 0.717) is 19.1 Å². The molecule has 3 nitrogen and oxygen atoms in total. The van der Waals surface area contributed by atoms with Gasteiger partial charge >= 0.3 is 0 Å². The van der Waals surface area contributed by atoms with Crippen LogP contribution >= 0.6 is 0 Å². The van der Waals surface area contributed by atoms with Crippen molar-refractivity contribution in [3.63, 3.8) is 0 Å². The molecule has 0 aliphatic carbocycles. The molecule has 0 bridgehead atoms. The molecule has 0 spiro atoms. The van der Waals surface area contributed by atoms with Gasteiger partial charge in [-0.1, -0.05) is 13.8 Å². The lowest BCUT2D eigenvalue weighted by molar-refractivity contribution is -0.128. The first kappa shape index (κ1) is 8.43. The first-order valence-electron chi connectivity index (χ1n) is 3.06. The Bertz CT molecular complexity index is 73.5. The van der Waals surface area contributed by atoms with Crippen molar-refractivity contribution in [2.45, 2.75) is 19.9 Å². The summed E-state index contributed by atoms with van der Waals surface area (Å²) in [7, 11) is 0. The summed E-state index contributed by atoms with van der Waals surface area (Å²) in [6, 6.07) is 0.459. The first-order chi connectivity index (χ1) is 4.27. The minimum Gasteiger partial charge on any atom is -0.467 e. The third-order valence-corrected chi connectivity index (χ3v) is 0.841. The zero-order chi connectivity index (χ0) is 7.11. The van der Waals surface area contributed by atoms with E-state index >= 15 is 0 Å². The molecule has 0 unspecified atom stereocenters. The number of rotatable bonds is 5. The van der Waals surface area contributed by atoms with Crippen LogP contribution in [0.25, 0.3) is 0 Å². The normalized spacial score (nSPS) is 9.67. The molecule has 0 aromatic rings. The zero-order valence-electron chi connectivity index (χ0n) is 5.89. The Morgan fingerprint density at radius 2 is 2.33 bits per heavy atom. The monoisotopic (exact) mass is 131 g/mol. The van der Waals surface area contributed by atoms with Crippen LogP contribution in [-0.4, -0.2) is 25.7 Å². The summed E-state index contributed by atoms with van der Waals surface area (Å²) in [6.45, 7) is 5.74. The van der Waals surface area contributed by atoms with E-state index < -0.39 is 0 Å². The smallest absolute Gasteiger partial charge is 0.293 e. The molecule has 0 fully saturated rings. The van der Waals surface area contributed by atoms with E-state index in [1.165, 1.54) is 0 Å². The average Bonchev–Trinajstić information content (AvgIpc) is 1.80. The van der Waals surface area contributed by atoms with Crippen LogP contribution < -0.4 is 5.32 Å². The highest BCUT2D eigenvalue weighted by atomic mass is 16.5. The fraction of sp³-hybridized carbons (Fsp3) is 0.833. The molecule has 0 atom stereocenters. The van der Waals surface area contributed by atoms with Crippen molar-refractivity contribution in [3.8, 4) is 0 Å². The van der Waals surface area contributed by atoms with E-state index in [-0.39, 0.29) is 0 Å². The summed E-state index contributed by atoms with van der Waals surface area (Å²) in [5.74, 6) is 0. The second-order valence-electron chi connectivity index (χ2n) is 2.08. The molecule has 0 aliphatic rings. The summed E-state index contributed by atoms with van der Waals surface area (Å²) < 4.78 is 4.44. The van der Waals surface area contributed by atoms with Gasteiger partial charge in [0.05, 0.1) is 0 Å². The third kappa shape index (κ3) is 7.43. The molecule has 0 saturated carbocycles. The van der Waals surface area contributed by atoms with Crippen molar-refractivity contribution >= 4 is 6.47 Å². The number of carbonyl (C=O) groups is 1. The number of ether oxygens (including phenoxy) is 1. The number of hydrogen-bond acceptors (Lipinski definition) is 3. The van der Waals surface area contributed by atoms with Crippen molar-refractivity contribution in [1.29, 1.82) is 0 Å². The lowest BCUT2D eigenvalue weighted by Gasteiger charge is -2.05. The Kier molecular flexibility index (Phi) is 5.21. The van der Waals surface area contributed by atoms with Gasteiger partial charge in [0.2, 0.25) is 0 Å². The SMILES string of the molecule is CC(C)NCCOC=O. The summed E-state index contributed by atoms with van der Waals surface area (Å²) in [4.78, 5) is 9.60. The van der Waals surface area contributed by atoms with Gasteiger partial charge in [-0.05, 0) is 0 Å². The van der Waals surface area contributed by atoms with Gasteiger partial charge in [-0.15, -0.1) is 0 Å². The maximum absolute atomic E-state index is 9.60. The van der Waals surface area contributed by atoms with Crippen molar-refractivity contribution in [2.75, 3.05) is 13.2 Å². The van der Waals surface area contributed by atoms with Gasteiger partial charge in [-0.2, -0.15) is 0 Å². The summed E-state index contributed by atoms with van der Waals surface area (Å²) in [5, 5.41) is 3.10. The molecule has 0 aliphatic heterocycles. The molecule has 0 aromatic heterocycles. The van der Waals surface area contributed by atoms with E-state index in [0.717, 1.165) is 6.54 Å². The van der Waals surface area contributed by atoms with Crippen LogP contribution in [0.3, 0.4) is 0 Å². The van der Waals surface area contributed by atoms with Crippen molar-refractivity contribution in [3.05, 3.63) is 0 Å². The Balaban J connectivity index is 2.82. The highest BCUT2D eigenvalue weighted by Gasteiger charge is 1.89. The number of nitrogens with one attached hydrogen (secondary N) is 1. The van der Waals surface area contributed by atoms with E-state index in [9.17, 15) is 4.79 Å². The average molecular weight is 131 g/mol. The van der Waals surface area contributed by atoms with Gasteiger partial charge in [0, 0.05) is 12.6 Å². The highest BCUT2D eigenvalue weighted by Crippen LogP contribution is 1.74. The molecule has 9 heavy (non-hydrogen) atoms. The second-order valence-corrected chi connectivity index (χ2v) is 2.08. The fourth-order valence-electron chi connectivity index (χ4n) is 0.455. The van der Waals surface area contributed by atoms with Gasteiger partial charge in [0.1, 0.15) is 6.61 Å². The van der Waals surface area contributed by atoms with Crippen LogP contribution in [0.4, 0.5) is 0 Å². The van der Waals surface area contributed by atoms with E-state index in [2.05, 4.69) is 10.1 Å². The Labute approximate surface area is 55.4 Å².